The molecule has 0 aliphatic heterocycles. The molecule has 146 valence electrons. The van der Waals surface area contributed by atoms with Crippen molar-refractivity contribution in [3.05, 3.63) is 52.5 Å². The predicted molar refractivity (Wildman–Crippen MR) is 107 cm³/mol. The zero-order valence-corrected chi connectivity index (χ0v) is 17.0. The molecule has 27 heavy (non-hydrogen) atoms. The number of nitrogens with zero attached hydrogens (tertiary/aromatic N) is 2. The Morgan fingerprint density at radius 3 is 2.19 bits per heavy atom. The molecule has 1 aromatic heterocycles. The number of rotatable bonds is 7. The molecule has 6 nitrogen and oxygen atoms in total. The van der Waals surface area contributed by atoms with E-state index >= 15 is 0 Å². The topological polar surface area (TPSA) is 65.8 Å². The molecule has 0 aliphatic rings. The van der Waals surface area contributed by atoms with Crippen molar-refractivity contribution >= 4 is 17.5 Å². The Balaban J connectivity index is 1.86. The Morgan fingerprint density at radius 1 is 1.00 bits per heavy atom. The highest BCUT2D eigenvalue weighted by Crippen LogP contribution is 2.21. The maximum atomic E-state index is 12.4. The van der Waals surface area contributed by atoms with Crippen molar-refractivity contribution in [2.75, 3.05) is 32.5 Å². The number of anilines is 1. The van der Waals surface area contributed by atoms with Crippen molar-refractivity contribution in [3.63, 3.8) is 0 Å². The average molecular weight is 371 g/mol. The minimum absolute atomic E-state index is 0.0675. The molecule has 0 fully saturated rings. The number of amides is 2. The Kier molecular flexibility index (Phi) is 6.80. The first-order chi connectivity index (χ1) is 12.7. The molecule has 6 heteroatoms. The van der Waals surface area contributed by atoms with E-state index in [0.29, 0.717) is 6.54 Å². The maximum absolute atomic E-state index is 12.4. The van der Waals surface area contributed by atoms with Crippen LogP contribution in [0.5, 0.6) is 0 Å². The van der Waals surface area contributed by atoms with Gasteiger partial charge in [0, 0.05) is 12.7 Å². The third-order valence-electron chi connectivity index (χ3n) is 4.37. The summed E-state index contributed by atoms with van der Waals surface area (Å²) in [4.78, 5) is 28.0. The first kappa shape index (κ1) is 20.7. The van der Waals surface area contributed by atoms with Crippen molar-refractivity contribution in [2.24, 2.45) is 0 Å². The van der Waals surface area contributed by atoms with E-state index in [1.165, 1.54) is 5.56 Å². The van der Waals surface area contributed by atoms with Gasteiger partial charge < -0.3 is 14.6 Å². The van der Waals surface area contributed by atoms with Gasteiger partial charge in [0.05, 0.1) is 19.6 Å². The molecule has 0 aliphatic carbocycles. The monoisotopic (exact) mass is 371 g/mol. The van der Waals surface area contributed by atoms with Crippen molar-refractivity contribution in [1.82, 2.24) is 9.80 Å². The molecule has 1 heterocycles. The Hall–Kier alpha value is -2.60. The molecule has 0 unspecified atom stereocenters. The van der Waals surface area contributed by atoms with Gasteiger partial charge in [0.2, 0.25) is 11.8 Å². The molecule has 1 aromatic carbocycles. The normalized spacial score (nSPS) is 10.9. The van der Waals surface area contributed by atoms with Crippen LogP contribution in [0.1, 0.15) is 28.2 Å². The summed E-state index contributed by atoms with van der Waals surface area (Å²) in [6, 6.07) is 7.82. The smallest absolute Gasteiger partial charge is 0.238 e. The largest absolute Gasteiger partial charge is 0.464 e. The fraction of sp³-hybridized carbons (Fsp3) is 0.429. The molecule has 0 atom stereocenters. The molecule has 2 amide bonds. The van der Waals surface area contributed by atoms with Crippen molar-refractivity contribution in [1.29, 1.82) is 0 Å². The highest BCUT2D eigenvalue weighted by molar-refractivity contribution is 5.94. The lowest BCUT2D eigenvalue weighted by Gasteiger charge is -2.21. The maximum Gasteiger partial charge on any atom is 0.238 e. The minimum Gasteiger partial charge on any atom is -0.464 e. The van der Waals surface area contributed by atoms with Crippen LogP contribution in [0.3, 0.4) is 0 Å². The first-order valence-electron chi connectivity index (χ1n) is 9.01. The molecule has 0 saturated carbocycles. The number of hydrogen-bond donors (Lipinski definition) is 1. The molecule has 0 spiro atoms. The number of likely N-dealkylation sites (N-methyl/N-ethyl adjacent to an activating group) is 2. The Labute approximate surface area is 161 Å². The van der Waals surface area contributed by atoms with Crippen LogP contribution in [0.2, 0.25) is 0 Å². The number of aryl methyl sites for hydroxylation is 4. The van der Waals surface area contributed by atoms with Crippen LogP contribution in [0.25, 0.3) is 0 Å². The van der Waals surface area contributed by atoms with Gasteiger partial charge in [0.15, 0.2) is 0 Å². The standard InChI is InChI=1S/C21H29N3O3/c1-14-9-15(2)21(16(3)10-14)22-19(25)12-23(5)13-20(26)24(6)11-18-8-7-17(4)27-18/h7-10H,11-13H2,1-6H3,(H,22,25). The van der Waals surface area contributed by atoms with Gasteiger partial charge >= 0.3 is 0 Å². The summed E-state index contributed by atoms with van der Waals surface area (Å²) in [5.41, 5.74) is 4.08. The average Bonchev–Trinajstić information content (AvgIpc) is 2.95. The van der Waals surface area contributed by atoms with Gasteiger partial charge in [-0.1, -0.05) is 17.7 Å². The lowest BCUT2D eigenvalue weighted by atomic mass is 10.1. The Morgan fingerprint density at radius 2 is 1.63 bits per heavy atom. The van der Waals surface area contributed by atoms with Crippen molar-refractivity contribution in [3.8, 4) is 0 Å². The second kappa shape index (κ2) is 8.86. The van der Waals surface area contributed by atoms with E-state index in [9.17, 15) is 9.59 Å². The van der Waals surface area contributed by atoms with Gasteiger partial charge in [0.25, 0.3) is 0 Å². The number of furan rings is 1. The summed E-state index contributed by atoms with van der Waals surface area (Å²) >= 11 is 0. The van der Waals surface area contributed by atoms with Gasteiger partial charge in [0.1, 0.15) is 11.5 Å². The van der Waals surface area contributed by atoms with Crippen LogP contribution < -0.4 is 5.32 Å². The quantitative estimate of drug-likeness (QED) is 0.812. The minimum atomic E-state index is -0.135. The summed E-state index contributed by atoms with van der Waals surface area (Å²) in [5, 5.41) is 2.96. The Bertz CT molecular complexity index is 803. The van der Waals surface area contributed by atoms with Gasteiger partial charge in [-0.15, -0.1) is 0 Å². The third kappa shape index (κ3) is 5.96. The zero-order chi connectivity index (χ0) is 20.1. The number of carbonyl (C=O) groups is 2. The van der Waals surface area contributed by atoms with Crippen LogP contribution in [-0.4, -0.2) is 48.8 Å². The third-order valence-corrected chi connectivity index (χ3v) is 4.37. The molecule has 1 N–H and O–H groups in total. The fourth-order valence-corrected chi connectivity index (χ4v) is 3.10. The van der Waals surface area contributed by atoms with Gasteiger partial charge in [-0.05, 0) is 58.0 Å². The highest BCUT2D eigenvalue weighted by atomic mass is 16.3. The lowest BCUT2D eigenvalue weighted by molar-refractivity contribution is -0.131. The summed E-state index contributed by atoms with van der Waals surface area (Å²) < 4.78 is 5.50. The molecule has 0 radical (unpaired) electrons. The van der Waals surface area contributed by atoms with Crippen LogP contribution in [-0.2, 0) is 16.1 Å². The molecular formula is C21H29N3O3. The highest BCUT2D eigenvalue weighted by Gasteiger charge is 2.16. The van der Waals surface area contributed by atoms with E-state index in [2.05, 4.69) is 5.32 Å². The summed E-state index contributed by atoms with van der Waals surface area (Å²) in [6.45, 7) is 8.58. The molecular weight excluding hydrogens is 342 g/mol. The van der Waals surface area contributed by atoms with Crippen LogP contribution in [0.4, 0.5) is 5.69 Å². The van der Waals surface area contributed by atoms with Gasteiger partial charge in [-0.3, -0.25) is 14.5 Å². The number of carbonyl (C=O) groups excluding carboxylic acids is 2. The predicted octanol–water partition coefficient (Wildman–Crippen LogP) is 3.04. The summed E-state index contributed by atoms with van der Waals surface area (Å²) in [6.07, 6.45) is 0. The van der Waals surface area contributed by atoms with Crippen molar-refractivity contribution < 1.29 is 14.0 Å². The number of nitrogens with one attached hydrogen (secondary N) is 1. The van der Waals surface area contributed by atoms with E-state index in [1.807, 2.05) is 52.0 Å². The van der Waals surface area contributed by atoms with Crippen LogP contribution >= 0.6 is 0 Å². The van der Waals surface area contributed by atoms with E-state index in [0.717, 1.165) is 28.3 Å². The molecule has 0 saturated heterocycles. The van der Waals surface area contributed by atoms with E-state index in [-0.39, 0.29) is 24.9 Å². The van der Waals surface area contributed by atoms with E-state index in [4.69, 9.17) is 4.42 Å². The van der Waals surface area contributed by atoms with Gasteiger partial charge in [-0.2, -0.15) is 0 Å². The molecule has 2 aromatic rings. The van der Waals surface area contributed by atoms with Gasteiger partial charge in [-0.25, -0.2) is 0 Å². The second-order valence-electron chi connectivity index (χ2n) is 7.26. The van der Waals surface area contributed by atoms with E-state index < -0.39 is 0 Å². The first-order valence-corrected chi connectivity index (χ1v) is 9.01. The molecule has 0 bridgehead atoms. The number of benzene rings is 1. The van der Waals surface area contributed by atoms with Crippen LogP contribution in [0, 0.1) is 27.7 Å². The van der Waals surface area contributed by atoms with Crippen molar-refractivity contribution in [2.45, 2.75) is 34.2 Å². The SMILES string of the molecule is Cc1cc(C)c(NC(=O)CN(C)CC(=O)N(C)Cc2ccc(C)o2)c(C)c1. The number of hydrogen-bond acceptors (Lipinski definition) is 4. The molecule has 2 rings (SSSR count). The van der Waals surface area contributed by atoms with Crippen LogP contribution in [0.15, 0.2) is 28.7 Å². The lowest BCUT2D eigenvalue weighted by Crippen LogP contribution is -2.39. The fourth-order valence-electron chi connectivity index (χ4n) is 3.10. The zero-order valence-electron chi connectivity index (χ0n) is 17.0. The second-order valence-corrected chi connectivity index (χ2v) is 7.26. The van der Waals surface area contributed by atoms with E-state index in [1.54, 1.807) is 23.9 Å². The summed E-state index contributed by atoms with van der Waals surface area (Å²) in [7, 11) is 3.49. The summed E-state index contributed by atoms with van der Waals surface area (Å²) in [5.74, 6) is 1.36.